The zero-order valence-corrected chi connectivity index (χ0v) is 17.2. The third-order valence-electron chi connectivity index (χ3n) is 4.70. The molecule has 0 fully saturated rings. The summed E-state index contributed by atoms with van der Waals surface area (Å²) in [5.41, 5.74) is 2.43. The van der Waals surface area contributed by atoms with Gasteiger partial charge in [-0.1, -0.05) is 78.4 Å². The van der Waals surface area contributed by atoms with Gasteiger partial charge in [0.05, 0.1) is 5.56 Å². The van der Waals surface area contributed by atoms with Crippen molar-refractivity contribution in [1.82, 2.24) is 4.90 Å². The Morgan fingerprint density at radius 1 is 0.767 bits per heavy atom. The molecule has 30 heavy (non-hydrogen) atoms. The third kappa shape index (κ3) is 4.63. The van der Waals surface area contributed by atoms with Crippen molar-refractivity contribution in [3.63, 3.8) is 0 Å². The third-order valence-corrected chi connectivity index (χ3v) is 4.70. The van der Waals surface area contributed by atoms with E-state index in [1.807, 2.05) is 25.1 Å². The van der Waals surface area contributed by atoms with Crippen LogP contribution in [0.15, 0.2) is 78.9 Å². The largest absolute Gasteiger partial charge is 0.444 e. The van der Waals surface area contributed by atoms with E-state index < -0.39 is 12.1 Å². The highest BCUT2D eigenvalue weighted by Crippen LogP contribution is 2.23. The fourth-order valence-electron chi connectivity index (χ4n) is 3.01. The van der Waals surface area contributed by atoms with Crippen molar-refractivity contribution in [2.75, 3.05) is 14.1 Å². The summed E-state index contributed by atoms with van der Waals surface area (Å²) >= 11 is 0. The van der Waals surface area contributed by atoms with E-state index in [1.54, 1.807) is 68.7 Å². The van der Waals surface area contributed by atoms with Crippen LogP contribution in [-0.4, -0.2) is 36.7 Å². The lowest BCUT2D eigenvalue weighted by molar-refractivity contribution is -0.138. The average Bonchev–Trinajstić information content (AvgIpc) is 2.77. The number of benzene rings is 3. The number of esters is 1. The van der Waals surface area contributed by atoms with Gasteiger partial charge in [-0.05, 0) is 13.0 Å². The van der Waals surface area contributed by atoms with Crippen molar-refractivity contribution in [3.05, 3.63) is 107 Å². The second kappa shape index (κ2) is 9.18. The molecule has 0 bridgehead atoms. The van der Waals surface area contributed by atoms with Crippen LogP contribution in [0.5, 0.6) is 0 Å². The van der Waals surface area contributed by atoms with E-state index in [0.29, 0.717) is 11.1 Å². The molecule has 5 heteroatoms. The molecule has 0 saturated heterocycles. The SMILES string of the molecule is Cc1ccc(C(=O)c2ccccc2C(=O)O[C@H](C(=O)N(C)C)c2ccccc2)cc1. The fraction of sp³-hybridized carbons (Fsp3) is 0.160. The van der Waals surface area contributed by atoms with E-state index in [2.05, 4.69) is 0 Å². The first kappa shape index (κ1) is 21.0. The number of carbonyl (C=O) groups excluding carboxylic acids is 3. The molecule has 3 aromatic carbocycles. The monoisotopic (exact) mass is 401 g/mol. The number of carbonyl (C=O) groups is 3. The van der Waals surface area contributed by atoms with Gasteiger partial charge in [0.2, 0.25) is 6.10 Å². The van der Waals surface area contributed by atoms with Crippen molar-refractivity contribution in [2.45, 2.75) is 13.0 Å². The van der Waals surface area contributed by atoms with Gasteiger partial charge in [0.1, 0.15) is 0 Å². The van der Waals surface area contributed by atoms with Crippen LogP contribution in [0, 0.1) is 6.92 Å². The van der Waals surface area contributed by atoms with Crippen molar-refractivity contribution < 1.29 is 19.1 Å². The quantitative estimate of drug-likeness (QED) is 0.458. The molecule has 3 aromatic rings. The van der Waals surface area contributed by atoms with Gasteiger partial charge in [0.25, 0.3) is 5.91 Å². The highest BCUT2D eigenvalue weighted by molar-refractivity contribution is 6.14. The lowest BCUT2D eigenvalue weighted by Gasteiger charge is -2.21. The highest BCUT2D eigenvalue weighted by Gasteiger charge is 2.28. The number of amides is 1. The van der Waals surface area contributed by atoms with E-state index in [-0.39, 0.29) is 22.8 Å². The molecule has 1 amide bonds. The molecule has 0 N–H and O–H groups in total. The van der Waals surface area contributed by atoms with Crippen LogP contribution in [0.2, 0.25) is 0 Å². The standard InChI is InChI=1S/C25H23NO4/c1-17-13-15-18(16-14-17)22(27)20-11-7-8-12-21(20)25(29)30-23(24(28)26(2)3)19-9-5-4-6-10-19/h4-16,23H,1-3H3/t23-/m0/s1. The molecule has 0 aliphatic carbocycles. The lowest BCUT2D eigenvalue weighted by atomic mass is 9.97. The number of hydrogen-bond donors (Lipinski definition) is 0. The minimum absolute atomic E-state index is 0.121. The number of rotatable bonds is 6. The Morgan fingerprint density at radius 3 is 1.93 bits per heavy atom. The van der Waals surface area contributed by atoms with Crippen LogP contribution in [0.4, 0.5) is 0 Å². The molecule has 152 valence electrons. The molecule has 3 rings (SSSR count). The van der Waals surface area contributed by atoms with Gasteiger partial charge in [0, 0.05) is 30.8 Å². The van der Waals surface area contributed by atoms with E-state index >= 15 is 0 Å². The maximum absolute atomic E-state index is 13.0. The second-order valence-electron chi connectivity index (χ2n) is 7.17. The van der Waals surface area contributed by atoms with Crippen LogP contribution in [0.1, 0.15) is 43.5 Å². The summed E-state index contributed by atoms with van der Waals surface area (Å²) in [7, 11) is 3.20. The summed E-state index contributed by atoms with van der Waals surface area (Å²) in [6.45, 7) is 1.94. The van der Waals surface area contributed by atoms with Gasteiger partial charge in [-0.2, -0.15) is 0 Å². The van der Waals surface area contributed by atoms with Crippen LogP contribution in [-0.2, 0) is 9.53 Å². The minimum Gasteiger partial charge on any atom is -0.444 e. The maximum atomic E-state index is 13.0. The molecule has 0 aromatic heterocycles. The topological polar surface area (TPSA) is 63.7 Å². The fourth-order valence-corrected chi connectivity index (χ4v) is 3.01. The van der Waals surface area contributed by atoms with Crippen molar-refractivity contribution >= 4 is 17.7 Å². The van der Waals surface area contributed by atoms with Gasteiger partial charge in [-0.15, -0.1) is 0 Å². The molecule has 5 nitrogen and oxygen atoms in total. The van der Waals surface area contributed by atoms with E-state index in [1.165, 1.54) is 11.0 Å². The molecule has 0 spiro atoms. The van der Waals surface area contributed by atoms with Crippen molar-refractivity contribution in [1.29, 1.82) is 0 Å². The minimum atomic E-state index is -1.10. The van der Waals surface area contributed by atoms with E-state index in [9.17, 15) is 14.4 Å². The van der Waals surface area contributed by atoms with Crippen LogP contribution >= 0.6 is 0 Å². The summed E-state index contributed by atoms with van der Waals surface area (Å²) in [5, 5.41) is 0. The molecule has 0 radical (unpaired) electrons. The Bertz CT molecular complexity index is 1060. The summed E-state index contributed by atoms with van der Waals surface area (Å²) < 4.78 is 5.61. The summed E-state index contributed by atoms with van der Waals surface area (Å²) in [6, 6.07) is 22.4. The number of aryl methyl sites for hydroxylation is 1. The van der Waals surface area contributed by atoms with E-state index in [0.717, 1.165) is 5.56 Å². The Morgan fingerprint density at radius 2 is 1.33 bits per heavy atom. The Hall–Kier alpha value is -3.73. The Kier molecular flexibility index (Phi) is 6.42. The second-order valence-corrected chi connectivity index (χ2v) is 7.17. The molecule has 0 aliphatic heterocycles. The van der Waals surface area contributed by atoms with Crippen LogP contribution in [0.25, 0.3) is 0 Å². The molecule has 0 unspecified atom stereocenters. The van der Waals surface area contributed by atoms with Gasteiger partial charge in [-0.25, -0.2) is 4.79 Å². The highest BCUT2D eigenvalue weighted by atomic mass is 16.5. The Labute approximate surface area is 175 Å². The first-order valence-electron chi connectivity index (χ1n) is 9.56. The average molecular weight is 401 g/mol. The predicted molar refractivity (Wildman–Crippen MR) is 114 cm³/mol. The maximum Gasteiger partial charge on any atom is 0.340 e. The lowest BCUT2D eigenvalue weighted by Crippen LogP contribution is -2.31. The molecule has 1 atom stereocenters. The summed E-state index contributed by atoms with van der Waals surface area (Å²) in [5.74, 6) is -1.37. The number of likely N-dealkylation sites (N-methyl/N-ethyl adjacent to an activating group) is 1. The van der Waals surface area contributed by atoms with Crippen LogP contribution < -0.4 is 0 Å². The smallest absolute Gasteiger partial charge is 0.340 e. The molecular weight excluding hydrogens is 378 g/mol. The molecule has 0 heterocycles. The van der Waals surface area contributed by atoms with Gasteiger partial charge >= 0.3 is 5.97 Å². The van der Waals surface area contributed by atoms with Gasteiger partial charge in [0.15, 0.2) is 5.78 Å². The molecule has 0 saturated carbocycles. The molecule has 0 aliphatic rings. The summed E-state index contributed by atoms with van der Waals surface area (Å²) in [4.78, 5) is 40.1. The normalized spacial score (nSPS) is 11.4. The zero-order valence-electron chi connectivity index (χ0n) is 17.2. The zero-order chi connectivity index (χ0) is 21.7. The van der Waals surface area contributed by atoms with Gasteiger partial charge in [-0.3, -0.25) is 9.59 Å². The van der Waals surface area contributed by atoms with Crippen LogP contribution in [0.3, 0.4) is 0 Å². The number of ether oxygens (including phenoxy) is 1. The summed E-state index contributed by atoms with van der Waals surface area (Å²) in [6.07, 6.45) is -1.10. The predicted octanol–water partition coefficient (Wildman–Crippen LogP) is 4.21. The number of hydrogen-bond acceptors (Lipinski definition) is 4. The molecular formula is C25H23NO4. The van der Waals surface area contributed by atoms with E-state index in [4.69, 9.17) is 4.74 Å². The number of nitrogens with zero attached hydrogens (tertiary/aromatic N) is 1. The van der Waals surface area contributed by atoms with Crippen molar-refractivity contribution in [2.24, 2.45) is 0 Å². The Balaban J connectivity index is 1.93. The van der Waals surface area contributed by atoms with Crippen molar-refractivity contribution in [3.8, 4) is 0 Å². The number of ketones is 1. The first-order chi connectivity index (χ1) is 14.4. The van der Waals surface area contributed by atoms with Gasteiger partial charge < -0.3 is 9.64 Å². The first-order valence-corrected chi connectivity index (χ1v) is 9.56.